The molecule has 0 aromatic heterocycles. The van der Waals surface area contributed by atoms with Crippen molar-refractivity contribution in [3.8, 4) is 0 Å². The predicted molar refractivity (Wildman–Crippen MR) is 64.6 cm³/mol. The molecule has 2 nitrogen and oxygen atoms in total. The van der Waals surface area contributed by atoms with E-state index < -0.39 is 0 Å². The Morgan fingerprint density at radius 3 is 2.87 bits per heavy atom. The summed E-state index contributed by atoms with van der Waals surface area (Å²) >= 11 is 0.476. The summed E-state index contributed by atoms with van der Waals surface area (Å²) in [6.45, 7) is 6.19. The van der Waals surface area contributed by atoms with E-state index in [1.807, 2.05) is 0 Å². The fourth-order valence-corrected chi connectivity index (χ4v) is 2.35. The standard InChI is InChI=1S/C12H26IN2/c1-11(5-4-8-13-3)6-7-12(2)9-15-10-14/h5,12,15H,4,6-10,14H2,1-3H3/q-1/b11-5+. The molecule has 0 fully saturated rings. The van der Waals surface area contributed by atoms with Crippen LogP contribution in [0.5, 0.6) is 0 Å². The summed E-state index contributed by atoms with van der Waals surface area (Å²) in [6.07, 6.45) is 6.24. The first-order valence-corrected chi connectivity index (χ1v) is 9.39. The van der Waals surface area contributed by atoms with Crippen LogP contribution in [-0.4, -0.2) is 22.6 Å². The van der Waals surface area contributed by atoms with Crippen molar-refractivity contribution in [1.29, 1.82) is 0 Å². The predicted octanol–water partition coefficient (Wildman–Crippen LogP) is -1.04. The zero-order valence-electron chi connectivity index (χ0n) is 10.4. The Kier molecular flexibility index (Phi) is 11.2. The molecule has 92 valence electrons. The molecule has 0 amide bonds. The van der Waals surface area contributed by atoms with Crippen LogP contribution in [0.3, 0.4) is 0 Å². The summed E-state index contributed by atoms with van der Waals surface area (Å²) in [5.74, 6) is 0.732. The molecule has 3 N–H and O–H groups in total. The molecule has 15 heavy (non-hydrogen) atoms. The van der Waals surface area contributed by atoms with Crippen LogP contribution in [0.1, 0.15) is 33.1 Å². The third-order valence-corrected chi connectivity index (χ3v) is 4.16. The Hall–Kier alpha value is 0.390. The van der Waals surface area contributed by atoms with Gasteiger partial charge in [-0.3, -0.25) is 0 Å². The van der Waals surface area contributed by atoms with E-state index in [2.05, 4.69) is 30.2 Å². The number of hydrogen-bond donors (Lipinski definition) is 2. The summed E-state index contributed by atoms with van der Waals surface area (Å²) in [5, 5.41) is 3.19. The van der Waals surface area contributed by atoms with Gasteiger partial charge in [-0.25, -0.2) is 0 Å². The molecule has 0 radical (unpaired) electrons. The van der Waals surface area contributed by atoms with Gasteiger partial charge in [0.25, 0.3) is 0 Å². The monoisotopic (exact) mass is 325 g/mol. The second-order valence-corrected chi connectivity index (χ2v) is 6.70. The molecule has 0 heterocycles. The Morgan fingerprint density at radius 1 is 1.53 bits per heavy atom. The van der Waals surface area contributed by atoms with Gasteiger partial charge in [0.05, 0.1) is 0 Å². The summed E-state index contributed by atoms with van der Waals surface area (Å²) in [6, 6.07) is 0. The van der Waals surface area contributed by atoms with Crippen molar-refractivity contribution < 1.29 is 21.2 Å². The molecular formula is C12H26IN2-. The Balaban J connectivity index is 3.51. The van der Waals surface area contributed by atoms with E-state index in [4.69, 9.17) is 5.73 Å². The molecule has 1 unspecified atom stereocenters. The zero-order chi connectivity index (χ0) is 11.5. The normalized spacial score (nSPS) is 14.5. The van der Waals surface area contributed by atoms with Crippen LogP contribution in [0.2, 0.25) is 0 Å². The van der Waals surface area contributed by atoms with Crippen molar-refractivity contribution in [3.05, 3.63) is 11.6 Å². The van der Waals surface area contributed by atoms with Gasteiger partial charge in [0.1, 0.15) is 0 Å². The van der Waals surface area contributed by atoms with Crippen LogP contribution in [0.4, 0.5) is 0 Å². The molecule has 0 bridgehead atoms. The zero-order valence-corrected chi connectivity index (χ0v) is 12.5. The van der Waals surface area contributed by atoms with Gasteiger partial charge in [-0.05, 0) is 0 Å². The van der Waals surface area contributed by atoms with Crippen molar-refractivity contribution in [2.24, 2.45) is 11.7 Å². The van der Waals surface area contributed by atoms with Crippen molar-refractivity contribution in [2.75, 3.05) is 22.6 Å². The average molecular weight is 325 g/mol. The Bertz CT molecular complexity index is 169. The van der Waals surface area contributed by atoms with Gasteiger partial charge in [-0.1, -0.05) is 0 Å². The van der Waals surface area contributed by atoms with E-state index in [1.54, 1.807) is 5.57 Å². The van der Waals surface area contributed by atoms with Gasteiger partial charge in [-0.15, -0.1) is 0 Å². The van der Waals surface area contributed by atoms with Gasteiger partial charge < -0.3 is 0 Å². The third kappa shape index (κ3) is 10.7. The van der Waals surface area contributed by atoms with Crippen LogP contribution < -0.4 is 32.3 Å². The number of nitrogens with one attached hydrogen (secondary N) is 1. The Labute approximate surface area is 105 Å². The summed E-state index contributed by atoms with van der Waals surface area (Å²) in [5.41, 5.74) is 6.96. The quantitative estimate of drug-likeness (QED) is 0.187. The molecule has 0 spiro atoms. The number of hydrogen-bond acceptors (Lipinski definition) is 2. The van der Waals surface area contributed by atoms with Crippen molar-refractivity contribution in [3.63, 3.8) is 0 Å². The van der Waals surface area contributed by atoms with Crippen molar-refractivity contribution in [2.45, 2.75) is 33.1 Å². The average Bonchev–Trinajstić information content (AvgIpc) is 2.24. The minimum absolute atomic E-state index is 0.476. The number of alkyl halides is 2. The van der Waals surface area contributed by atoms with Gasteiger partial charge in [0.2, 0.25) is 0 Å². The summed E-state index contributed by atoms with van der Waals surface area (Å²) in [7, 11) is 0. The van der Waals surface area contributed by atoms with Gasteiger partial charge in [0, 0.05) is 0 Å². The SMILES string of the molecule is C[I-]CC/C=C(\C)CCC(C)CNCN. The summed E-state index contributed by atoms with van der Waals surface area (Å²) in [4.78, 5) is 2.35. The summed E-state index contributed by atoms with van der Waals surface area (Å²) < 4.78 is 1.43. The molecule has 0 aromatic rings. The first-order valence-electron chi connectivity index (χ1n) is 5.70. The maximum absolute atomic E-state index is 5.39. The molecule has 0 aromatic carbocycles. The molecule has 3 heteroatoms. The van der Waals surface area contributed by atoms with Crippen LogP contribution >= 0.6 is 0 Å². The first kappa shape index (κ1) is 15.4. The van der Waals surface area contributed by atoms with E-state index in [0.717, 1.165) is 12.5 Å². The number of allylic oxidation sites excluding steroid dienone is 2. The first-order chi connectivity index (χ1) is 7.20. The molecule has 0 aliphatic heterocycles. The van der Waals surface area contributed by atoms with E-state index in [0.29, 0.717) is 27.9 Å². The fraction of sp³-hybridized carbons (Fsp3) is 0.833. The molecule has 0 saturated heterocycles. The van der Waals surface area contributed by atoms with E-state index in [9.17, 15) is 0 Å². The van der Waals surface area contributed by atoms with E-state index >= 15 is 0 Å². The van der Waals surface area contributed by atoms with Gasteiger partial charge >= 0.3 is 106 Å². The van der Waals surface area contributed by atoms with Gasteiger partial charge in [-0.2, -0.15) is 0 Å². The molecule has 0 aliphatic carbocycles. The minimum atomic E-state index is 0.476. The topological polar surface area (TPSA) is 38.0 Å². The molecule has 1 atom stereocenters. The molecular weight excluding hydrogens is 299 g/mol. The second kappa shape index (κ2) is 10.9. The van der Waals surface area contributed by atoms with Crippen LogP contribution in [-0.2, 0) is 0 Å². The maximum atomic E-state index is 5.39. The van der Waals surface area contributed by atoms with Crippen LogP contribution in [0.15, 0.2) is 11.6 Å². The molecule has 0 rings (SSSR count). The van der Waals surface area contributed by atoms with Crippen molar-refractivity contribution in [1.82, 2.24) is 5.32 Å². The molecule has 0 saturated carbocycles. The van der Waals surface area contributed by atoms with Crippen LogP contribution in [0.25, 0.3) is 0 Å². The number of rotatable bonds is 9. The van der Waals surface area contributed by atoms with E-state index in [1.165, 1.54) is 23.7 Å². The fourth-order valence-electron chi connectivity index (χ4n) is 1.42. The number of halogens is 1. The van der Waals surface area contributed by atoms with E-state index in [-0.39, 0.29) is 0 Å². The van der Waals surface area contributed by atoms with Crippen LogP contribution in [0, 0.1) is 5.92 Å². The number of nitrogens with two attached hydrogens (primary N) is 1. The third-order valence-electron chi connectivity index (χ3n) is 2.46. The van der Waals surface area contributed by atoms with Gasteiger partial charge in [0.15, 0.2) is 0 Å². The van der Waals surface area contributed by atoms with Crippen molar-refractivity contribution >= 4 is 0 Å². The molecule has 0 aliphatic rings. The second-order valence-electron chi connectivity index (χ2n) is 4.10. The Morgan fingerprint density at radius 2 is 2.27 bits per heavy atom.